The summed E-state index contributed by atoms with van der Waals surface area (Å²) >= 11 is 0. The summed E-state index contributed by atoms with van der Waals surface area (Å²) in [5.41, 5.74) is 0.104. The van der Waals surface area contributed by atoms with Crippen LogP contribution in [-0.2, 0) is 18.2 Å². The second kappa shape index (κ2) is 9.79. The number of carbonyl (C=O) groups excluding carboxylic acids is 1. The number of benzene rings is 2. The molecule has 0 amide bonds. The van der Waals surface area contributed by atoms with Gasteiger partial charge in [-0.15, -0.1) is 0 Å². The van der Waals surface area contributed by atoms with Gasteiger partial charge in [-0.25, -0.2) is 23.2 Å². The Morgan fingerprint density at radius 1 is 1.08 bits per heavy atom. The SMILES string of the molecule is CCOC(=O)c1cn(-c2ccc3c(c2)n(C(C)C)c(=O)n3C)c(=O)n(C2CCc3c(C(F)F)cccc32)c1=O. The van der Waals surface area contributed by atoms with E-state index in [0.29, 0.717) is 27.8 Å². The molecule has 0 bridgehead atoms. The van der Waals surface area contributed by atoms with Crippen LogP contribution in [0.5, 0.6) is 0 Å². The lowest BCUT2D eigenvalue weighted by Crippen LogP contribution is -2.44. The van der Waals surface area contributed by atoms with Crippen LogP contribution in [-0.4, -0.2) is 30.8 Å². The van der Waals surface area contributed by atoms with Crippen LogP contribution in [0.15, 0.2) is 57.0 Å². The lowest BCUT2D eigenvalue weighted by atomic mass is 10.0. The summed E-state index contributed by atoms with van der Waals surface area (Å²) in [6, 6.07) is 8.40. The van der Waals surface area contributed by atoms with Crippen molar-refractivity contribution in [1.82, 2.24) is 18.3 Å². The molecule has 0 saturated heterocycles. The lowest BCUT2D eigenvalue weighted by molar-refractivity contribution is 0.0522. The molecule has 39 heavy (non-hydrogen) atoms. The van der Waals surface area contributed by atoms with Crippen LogP contribution in [0.4, 0.5) is 8.78 Å². The zero-order valence-corrected chi connectivity index (χ0v) is 22.0. The Hall–Kier alpha value is -4.28. The highest BCUT2D eigenvalue weighted by atomic mass is 19.3. The van der Waals surface area contributed by atoms with Crippen molar-refractivity contribution >= 4 is 17.0 Å². The average Bonchev–Trinajstić information content (AvgIpc) is 3.42. The third-order valence-corrected chi connectivity index (χ3v) is 7.30. The molecule has 204 valence electrons. The minimum absolute atomic E-state index is 0.0120. The summed E-state index contributed by atoms with van der Waals surface area (Å²) in [6.45, 7) is 5.34. The fourth-order valence-corrected chi connectivity index (χ4v) is 5.52. The molecule has 0 aliphatic heterocycles. The average molecular weight is 539 g/mol. The number of fused-ring (bicyclic) bond motifs is 2. The van der Waals surface area contributed by atoms with Crippen molar-refractivity contribution in [2.24, 2.45) is 7.05 Å². The number of hydrogen-bond donors (Lipinski definition) is 0. The van der Waals surface area contributed by atoms with Gasteiger partial charge in [0.2, 0.25) is 0 Å². The number of alkyl halides is 2. The number of rotatable bonds is 6. The van der Waals surface area contributed by atoms with Gasteiger partial charge in [0, 0.05) is 24.8 Å². The van der Waals surface area contributed by atoms with Crippen LogP contribution in [0.2, 0.25) is 0 Å². The van der Waals surface area contributed by atoms with Crippen LogP contribution in [0.25, 0.3) is 16.7 Å². The maximum atomic E-state index is 13.9. The van der Waals surface area contributed by atoms with E-state index in [1.165, 1.54) is 21.3 Å². The Labute approximate surface area is 221 Å². The minimum Gasteiger partial charge on any atom is -0.462 e. The highest BCUT2D eigenvalue weighted by Gasteiger charge is 2.32. The molecule has 9 nitrogen and oxygen atoms in total. The largest absolute Gasteiger partial charge is 0.462 e. The Morgan fingerprint density at radius 3 is 2.49 bits per heavy atom. The van der Waals surface area contributed by atoms with Crippen molar-refractivity contribution in [3.63, 3.8) is 0 Å². The van der Waals surface area contributed by atoms with E-state index < -0.39 is 29.7 Å². The third-order valence-electron chi connectivity index (χ3n) is 7.30. The smallest absolute Gasteiger partial charge is 0.345 e. The first-order chi connectivity index (χ1) is 18.6. The summed E-state index contributed by atoms with van der Waals surface area (Å²) in [4.78, 5) is 53.1. The van der Waals surface area contributed by atoms with Gasteiger partial charge in [0.1, 0.15) is 5.56 Å². The van der Waals surface area contributed by atoms with Crippen molar-refractivity contribution in [3.8, 4) is 5.69 Å². The van der Waals surface area contributed by atoms with Crippen molar-refractivity contribution < 1.29 is 18.3 Å². The first-order valence-electron chi connectivity index (χ1n) is 12.7. The van der Waals surface area contributed by atoms with E-state index in [0.717, 1.165) is 10.8 Å². The Balaban J connectivity index is 1.79. The van der Waals surface area contributed by atoms with Crippen LogP contribution in [0.1, 0.15) is 72.7 Å². The van der Waals surface area contributed by atoms with Crippen molar-refractivity contribution in [2.45, 2.75) is 52.1 Å². The Kier molecular flexibility index (Phi) is 6.61. The van der Waals surface area contributed by atoms with E-state index in [1.807, 2.05) is 13.8 Å². The van der Waals surface area contributed by atoms with E-state index in [1.54, 1.807) is 42.8 Å². The van der Waals surface area contributed by atoms with E-state index in [4.69, 9.17) is 4.74 Å². The number of aryl methyl sites for hydroxylation is 1. The first-order valence-corrected chi connectivity index (χ1v) is 12.7. The first kappa shape index (κ1) is 26.3. The van der Waals surface area contributed by atoms with Crippen molar-refractivity contribution in [1.29, 1.82) is 0 Å². The molecule has 0 saturated carbocycles. The van der Waals surface area contributed by atoms with Gasteiger partial charge in [-0.1, -0.05) is 18.2 Å². The minimum atomic E-state index is -2.70. The predicted octanol–water partition coefficient (Wildman–Crippen LogP) is 3.88. The molecule has 2 aromatic heterocycles. The zero-order valence-electron chi connectivity index (χ0n) is 22.0. The van der Waals surface area contributed by atoms with Gasteiger partial charge in [0.05, 0.1) is 29.4 Å². The summed E-state index contributed by atoms with van der Waals surface area (Å²) < 4.78 is 37.7. The molecule has 1 unspecified atom stereocenters. The monoisotopic (exact) mass is 538 g/mol. The van der Waals surface area contributed by atoms with Crippen molar-refractivity contribution in [2.75, 3.05) is 6.61 Å². The summed E-state index contributed by atoms with van der Waals surface area (Å²) in [7, 11) is 1.65. The van der Waals surface area contributed by atoms with Gasteiger partial charge < -0.3 is 4.74 Å². The van der Waals surface area contributed by atoms with Gasteiger partial charge in [-0.3, -0.25) is 23.1 Å². The van der Waals surface area contributed by atoms with E-state index in [2.05, 4.69) is 0 Å². The lowest BCUT2D eigenvalue weighted by Gasteiger charge is -2.19. The van der Waals surface area contributed by atoms with Crippen LogP contribution >= 0.6 is 0 Å². The highest BCUT2D eigenvalue weighted by molar-refractivity contribution is 5.88. The highest BCUT2D eigenvalue weighted by Crippen LogP contribution is 2.38. The molecular formula is C28H28F2N4O5. The van der Waals surface area contributed by atoms with Crippen molar-refractivity contribution in [3.05, 3.63) is 96.2 Å². The number of nitrogens with zero attached hydrogens (tertiary/aromatic N) is 4. The van der Waals surface area contributed by atoms with Gasteiger partial charge in [-0.2, -0.15) is 0 Å². The number of hydrogen-bond acceptors (Lipinski definition) is 5. The number of halogens is 2. The molecule has 1 aliphatic rings. The molecule has 11 heteroatoms. The molecule has 0 fully saturated rings. The van der Waals surface area contributed by atoms with Gasteiger partial charge in [0.15, 0.2) is 0 Å². The maximum absolute atomic E-state index is 13.9. The molecule has 2 heterocycles. The van der Waals surface area contributed by atoms with E-state index in [-0.39, 0.29) is 42.3 Å². The second-order valence-corrected chi connectivity index (χ2v) is 9.84. The zero-order chi connectivity index (χ0) is 28.2. The fourth-order valence-electron chi connectivity index (χ4n) is 5.52. The Morgan fingerprint density at radius 2 is 1.82 bits per heavy atom. The standard InChI is InChI=1S/C28H28F2N4O5/c1-5-39-26(36)20-14-32(16-9-11-22-23(13-16)33(15(2)3)27(37)31(22)4)28(38)34(25(20)35)21-12-10-17-18(21)7-6-8-19(17)24(29)30/h6-9,11,13-15,21,24H,5,10,12H2,1-4H3. The molecule has 0 spiro atoms. The van der Waals surface area contributed by atoms with Crippen LogP contribution in [0, 0.1) is 0 Å². The van der Waals surface area contributed by atoms with Gasteiger partial charge in [0.25, 0.3) is 12.0 Å². The molecule has 1 atom stereocenters. The quantitative estimate of drug-likeness (QED) is 0.347. The molecule has 5 rings (SSSR count). The maximum Gasteiger partial charge on any atom is 0.345 e. The number of aromatic nitrogens is 4. The van der Waals surface area contributed by atoms with Gasteiger partial charge in [-0.05, 0) is 62.9 Å². The Bertz CT molecular complexity index is 1790. The number of carbonyl (C=O) groups is 1. The molecule has 1 aliphatic carbocycles. The topological polar surface area (TPSA) is 97.2 Å². The molecule has 2 aromatic carbocycles. The normalized spacial score (nSPS) is 14.9. The summed E-state index contributed by atoms with van der Waals surface area (Å²) in [6.07, 6.45) is -1.06. The summed E-state index contributed by atoms with van der Waals surface area (Å²) in [5, 5.41) is 0. The number of esters is 1. The summed E-state index contributed by atoms with van der Waals surface area (Å²) in [5.74, 6) is -0.899. The van der Waals surface area contributed by atoms with Crippen LogP contribution < -0.4 is 16.9 Å². The van der Waals surface area contributed by atoms with Gasteiger partial charge >= 0.3 is 17.3 Å². The number of imidazole rings is 1. The molecule has 0 N–H and O–H groups in total. The van der Waals surface area contributed by atoms with E-state index >= 15 is 0 Å². The fraction of sp³-hybridized carbons (Fsp3) is 0.357. The molecular weight excluding hydrogens is 510 g/mol. The molecule has 0 radical (unpaired) electrons. The number of ether oxygens (including phenoxy) is 1. The molecule has 4 aromatic rings. The predicted molar refractivity (Wildman–Crippen MR) is 141 cm³/mol. The van der Waals surface area contributed by atoms with E-state index in [9.17, 15) is 28.0 Å². The second-order valence-electron chi connectivity index (χ2n) is 9.84. The van der Waals surface area contributed by atoms with Crippen LogP contribution in [0.3, 0.4) is 0 Å². The third kappa shape index (κ3) is 4.12.